The van der Waals surface area contributed by atoms with Crippen molar-refractivity contribution in [2.45, 2.75) is 19.4 Å². The molecule has 6 heteroatoms. The van der Waals surface area contributed by atoms with Crippen LogP contribution in [0.4, 0.5) is 4.79 Å². The highest BCUT2D eigenvalue weighted by Crippen LogP contribution is 2.20. The van der Waals surface area contributed by atoms with Gasteiger partial charge in [-0.25, -0.2) is 4.79 Å². The highest BCUT2D eigenvalue weighted by atomic mass is 16.3. The van der Waals surface area contributed by atoms with Gasteiger partial charge in [0.15, 0.2) is 0 Å². The lowest BCUT2D eigenvalue weighted by Crippen LogP contribution is -2.45. The van der Waals surface area contributed by atoms with Crippen LogP contribution in [0.3, 0.4) is 0 Å². The Kier molecular flexibility index (Phi) is 5.15. The quantitative estimate of drug-likeness (QED) is 0.902. The van der Waals surface area contributed by atoms with E-state index in [9.17, 15) is 9.90 Å². The first-order valence-electron chi connectivity index (χ1n) is 8.37. The molecule has 24 heavy (non-hydrogen) atoms. The molecule has 1 unspecified atom stereocenters. The standard InChI is InChI=1S/C18H24N4O2/c1-21-12-17(10-20-21)16-6-2-4-14(8-16)9-19-18(24)22-7-3-5-15(11-22)13-23/h2,4,6,8,10,12,15,23H,3,5,7,9,11,13H2,1H3,(H,19,24). The number of aliphatic hydroxyl groups excluding tert-OH is 1. The predicted octanol–water partition coefficient (Wildman–Crippen LogP) is 2.00. The summed E-state index contributed by atoms with van der Waals surface area (Å²) in [5, 5.41) is 16.4. The molecule has 0 saturated carbocycles. The summed E-state index contributed by atoms with van der Waals surface area (Å²) in [5.41, 5.74) is 3.21. The number of piperidine rings is 1. The molecule has 1 aromatic heterocycles. The van der Waals surface area contributed by atoms with E-state index in [1.807, 2.05) is 37.6 Å². The lowest BCUT2D eigenvalue weighted by Gasteiger charge is -2.31. The summed E-state index contributed by atoms with van der Waals surface area (Å²) in [7, 11) is 1.89. The number of rotatable bonds is 4. The minimum Gasteiger partial charge on any atom is -0.396 e. The van der Waals surface area contributed by atoms with Crippen molar-refractivity contribution in [1.82, 2.24) is 20.0 Å². The molecule has 1 aliphatic rings. The number of amides is 2. The number of hydrogen-bond acceptors (Lipinski definition) is 3. The monoisotopic (exact) mass is 328 g/mol. The Bertz CT molecular complexity index is 698. The van der Waals surface area contributed by atoms with Gasteiger partial charge in [-0.1, -0.05) is 18.2 Å². The number of nitrogens with one attached hydrogen (secondary N) is 1. The van der Waals surface area contributed by atoms with Gasteiger partial charge in [-0.05, 0) is 36.0 Å². The van der Waals surface area contributed by atoms with Crippen LogP contribution in [0.15, 0.2) is 36.7 Å². The summed E-state index contributed by atoms with van der Waals surface area (Å²) >= 11 is 0. The number of carbonyl (C=O) groups is 1. The average Bonchev–Trinajstić information content (AvgIpc) is 3.06. The van der Waals surface area contributed by atoms with E-state index in [0.29, 0.717) is 13.1 Å². The van der Waals surface area contributed by atoms with E-state index in [1.165, 1.54) is 0 Å². The molecule has 1 aromatic carbocycles. The lowest BCUT2D eigenvalue weighted by atomic mass is 9.99. The second-order valence-electron chi connectivity index (χ2n) is 6.40. The number of benzene rings is 1. The molecule has 2 amide bonds. The van der Waals surface area contributed by atoms with Crippen molar-refractivity contribution in [3.63, 3.8) is 0 Å². The number of aliphatic hydroxyl groups is 1. The first-order valence-corrected chi connectivity index (χ1v) is 8.37. The zero-order valence-electron chi connectivity index (χ0n) is 14.0. The van der Waals surface area contributed by atoms with Gasteiger partial charge >= 0.3 is 6.03 Å². The van der Waals surface area contributed by atoms with Crippen LogP contribution in [0.2, 0.25) is 0 Å². The highest BCUT2D eigenvalue weighted by molar-refractivity contribution is 5.74. The van der Waals surface area contributed by atoms with Crippen molar-refractivity contribution in [3.8, 4) is 11.1 Å². The first-order chi connectivity index (χ1) is 11.7. The summed E-state index contributed by atoms with van der Waals surface area (Å²) in [5.74, 6) is 0.207. The zero-order valence-corrected chi connectivity index (χ0v) is 14.0. The summed E-state index contributed by atoms with van der Waals surface area (Å²) in [4.78, 5) is 14.1. The fourth-order valence-electron chi connectivity index (χ4n) is 3.12. The fourth-order valence-corrected chi connectivity index (χ4v) is 3.12. The van der Waals surface area contributed by atoms with Gasteiger partial charge < -0.3 is 15.3 Å². The number of hydrogen-bond donors (Lipinski definition) is 2. The third-order valence-corrected chi connectivity index (χ3v) is 4.47. The predicted molar refractivity (Wildman–Crippen MR) is 92.3 cm³/mol. The number of aromatic nitrogens is 2. The molecule has 2 aromatic rings. The van der Waals surface area contributed by atoms with Crippen LogP contribution in [0.5, 0.6) is 0 Å². The van der Waals surface area contributed by atoms with Crippen LogP contribution in [0.25, 0.3) is 11.1 Å². The SMILES string of the molecule is Cn1cc(-c2cccc(CNC(=O)N3CCCC(CO)C3)c2)cn1. The first kappa shape index (κ1) is 16.5. The lowest BCUT2D eigenvalue weighted by molar-refractivity contribution is 0.129. The Morgan fingerprint density at radius 2 is 2.29 bits per heavy atom. The molecule has 0 bridgehead atoms. The summed E-state index contributed by atoms with van der Waals surface area (Å²) in [6, 6.07) is 8.06. The number of carbonyl (C=O) groups excluding carboxylic acids is 1. The van der Waals surface area contributed by atoms with E-state index in [0.717, 1.165) is 36.1 Å². The maximum Gasteiger partial charge on any atom is 0.317 e. The van der Waals surface area contributed by atoms with Crippen LogP contribution in [-0.2, 0) is 13.6 Å². The van der Waals surface area contributed by atoms with Crippen LogP contribution < -0.4 is 5.32 Å². The number of likely N-dealkylation sites (tertiary alicyclic amines) is 1. The second-order valence-corrected chi connectivity index (χ2v) is 6.40. The van der Waals surface area contributed by atoms with E-state index in [1.54, 1.807) is 9.58 Å². The second kappa shape index (κ2) is 7.49. The Morgan fingerprint density at radius 1 is 1.42 bits per heavy atom. The Labute approximate surface area is 142 Å². The largest absolute Gasteiger partial charge is 0.396 e. The van der Waals surface area contributed by atoms with Crippen molar-refractivity contribution < 1.29 is 9.90 Å². The summed E-state index contributed by atoms with van der Waals surface area (Å²) < 4.78 is 1.78. The molecule has 3 rings (SSSR count). The maximum absolute atomic E-state index is 12.3. The maximum atomic E-state index is 12.3. The third kappa shape index (κ3) is 3.94. The van der Waals surface area contributed by atoms with Gasteiger partial charge in [0.2, 0.25) is 0 Å². The molecule has 6 nitrogen and oxygen atoms in total. The molecule has 2 N–H and O–H groups in total. The van der Waals surface area contributed by atoms with Gasteiger partial charge in [0.1, 0.15) is 0 Å². The molecule has 1 atom stereocenters. The molecule has 0 aliphatic carbocycles. The van der Waals surface area contributed by atoms with Gasteiger partial charge in [-0.3, -0.25) is 4.68 Å². The van der Waals surface area contributed by atoms with Crippen LogP contribution in [0.1, 0.15) is 18.4 Å². The van der Waals surface area contributed by atoms with Crippen LogP contribution in [0, 0.1) is 5.92 Å². The molecule has 2 heterocycles. The molecular formula is C18H24N4O2. The summed E-state index contributed by atoms with van der Waals surface area (Å²) in [6.45, 7) is 2.04. The van der Waals surface area contributed by atoms with Crippen molar-refractivity contribution >= 4 is 6.03 Å². The van der Waals surface area contributed by atoms with Gasteiger partial charge in [0, 0.05) is 45.0 Å². The number of aryl methyl sites for hydroxylation is 1. The molecule has 1 aliphatic heterocycles. The van der Waals surface area contributed by atoms with Crippen molar-refractivity contribution in [2.75, 3.05) is 19.7 Å². The highest BCUT2D eigenvalue weighted by Gasteiger charge is 2.22. The van der Waals surface area contributed by atoms with E-state index in [4.69, 9.17) is 0 Å². The zero-order chi connectivity index (χ0) is 16.9. The minimum atomic E-state index is -0.0556. The van der Waals surface area contributed by atoms with E-state index >= 15 is 0 Å². The molecule has 1 fully saturated rings. The normalized spacial score (nSPS) is 17.8. The fraction of sp³-hybridized carbons (Fsp3) is 0.444. The van der Waals surface area contributed by atoms with Gasteiger partial charge in [-0.15, -0.1) is 0 Å². The van der Waals surface area contributed by atoms with Crippen molar-refractivity contribution in [1.29, 1.82) is 0 Å². The van der Waals surface area contributed by atoms with Gasteiger partial charge in [-0.2, -0.15) is 5.10 Å². The van der Waals surface area contributed by atoms with Gasteiger partial charge in [0.25, 0.3) is 0 Å². The third-order valence-electron chi connectivity index (χ3n) is 4.47. The molecule has 0 spiro atoms. The van der Waals surface area contributed by atoms with Gasteiger partial charge in [0.05, 0.1) is 6.20 Å². The summed E-state index contributed by atoms with van der Waals surface area (Å²) in [6.07, 6.45) is 5.75. The van der Waals surface area contributed by atoms with Crippen molar-refractivity contribution in [2.24, 2.45) is 13.0 Å². The Balaban J connectivity index is 1.59. The minimum absolute atomic E-state index is 0.0556. The molecule has 0 radical (unpaired) electrons. The average molecular weight is 328 g/mol. The molecule has 1 saturated heterocycles. The Hall–Kier alpha value is -2.34. The van der Waals surface area contributed by atoms with E-state index in [-0.39, 0.29) is 18.6 Å². The van der Waals surface area contributed by atoms with Crippen LogP contribution >= 0.6 is 0 Å². The van der Waals surface area contributed by atoms with Crippen molar-refractivity contribution in [3.05, 3.63) is 42.2 Å². The molecular weight excluding hydrogens is 304 g/mol. The Morgan fingerprint density at radius 3 is 3.04 bits per heavy atom. The number of urea groups is 1. The van der Waals surface area contributed by atoms with E-state index < -0.39 is 0 Å². The molecule has 128 valence electrons. The van der Waals surface area contributed by atoms with Crippen LogP contribution in [-0.4, -0.2) is 45.5 Å². The number of nitrogens with zero attached hydrogens (tertiary/aromatic N) is 3. The van der Waals surface area contributed by atoms with E-state index in [2.05, 4.69) is 16.5 Å². The smallest absolute Gasteiger partial charge is 0.317 e. The topological polar surface area (TPSA) is 70.4 Å².